The quantitative estimate of drug-likeness (QED) is 0.647. The van der Waals surface area contributed by atoms with Crippen LogP contribution in [0.1, 0.15) is 34.4 Å². The van der Waals surface area contributed by atoms with E-state index in [2.05, 4.69) is 26.9 Å². The predicted molar refractivity (Wildman–Crippen MR) is 109 cm³/mol. The highest BCUT2D eigenvalue weighted by atomic mass is 32.2. The van der Waals surface area contributed by atoms with Crippen LogP contribution in [0, 0.1) is 18.3 Å². The summed E-state index contributed by atoms with van der Waals surface area (Å²) < 4.78 is 1.62. The molecule has 2 aromatic heterocycles. The van der Waals surface area contributed by atoms with E-state index in [0.29, 0.717) is 15.7 Å². The Morgan fingerprint density at radius 1 is 1.39 bits per heavy atom. The Bertz CT molecular complexity index is 1060. The van der Waals surface area contributed by atoms with Crippen LogP contribution in [0.2, 0.25) is 0 Å². The first-order valence-electron chi connectivity index (χ1n) is 8.98. The molecule has 3 aromatic rings. The predicted octanol–water partition coefficient (Wildman–Crippen LogP) is 3.51. The molecule has 0 unspecified atom stereocenters. The second kappa shape index (κ2) is 8.12. The third-order valence-electron chi connectivity index (χ3n) is 4.56. The Balaban J connectivity index is 1.45. The Labute approximate surface area is 170 Å². The molecule has 0 aliphatic heterocycles. The van der Waals surface area contributed by atoms with Crippen LogP contribution in [0.3, 0.4) is 0 Å². The fraction of sp³-hybridized carbons (Fsp3) is 0.316. The van der Waals surface area contributed by atoms with Crippen LogP contribution in [0.5, 0.6) is 0 Å². The van der Waals surface area contributed by atoms with E-state index in [1.165, 1.54) is 28.0 Å². The number of aryl methyl sites for hydroxylation is 2. The van der Waals surface area contributed by atoms with E-state index in [-0.39, 0.29) is 11.7 Å². The SMILES string of the molecule is Cc1cccc(-n2nnnc2SCC(=O)Nc2sc3c(c2C#N)CCCC3)c1. The first-order valence-corrected chi connectivity index (χ1v) is 10.8. The molecule has 28 heavy (non-hydrogen) atoms. The summed E-state index contributed by atoms with van der Waals surface area (Å²) in [6, 6.07) is 10.1. The van der Waals surface area contributed by atoms with E-state index in [0.717, 1.165) is 42.5 Å². The number of carbonyl (C=O) groups is 1. The summed E-state index contributed by atoms with van der Waals surface area (Å²) in [4.78, 5) is 13.7. The monoisotopic (exact) mass is 410 g/mol. The maximum Gasteiger partial charge on any atom is 0.235 e. The number of aromatic nitrogens is 4. The van der Waals surface area contributed by atoms with Gasteiger partial charge in [-0.05, 0) is 66.3 Å². The normalized spacial score (nSPS) is 13.0. The molecule has 4 rings (SSSR count). The van der Waals surface area contributed by atoms with E-state index < -0.39 is 0 Å². The molecule has 1 aliphatic carbocycles. The molecule has 1 amide bonds. The van der Waals surface area contributed by atoms with Crippen molar-refractivity contribution in [2.75, 3.05) is 11.1 Å². The van der Waals surface area contributed by atoms with Gasteiger partial charge in [0.05, 0.1) is 17.0 Å². The summed E-state index contributed by atoms with van der Waals surface area (Å²) in [6.45, 7) is 2.00. The largest absolute Gasteiger partial charge is 0.316 e. The number of nitrogens with zero attached hydrogens (tertiary/aromatic N) is 5. The summed E-state index contributed by atoms with van der Waals surface area (Å²) in [5.74, 6) is -0.00140. The number of tetrazole rings is 1. The van der Waals surface area contributed by atoms with Crippen molar-refractivity contribution in [3.63, 3.8) is 0 Å². The second-order valence-electron chi connectivity index (χ2n) is 6.58. The minimum Gasteiger partial charge on any atom is -0.316 e. The zero-order valence-electron chi connectivity index (χ0n) is 15.3. The Kier molecular flexibility index (Phi) is 5.41. The molecule has 1 N–H and O–H groups in total. The first-order chi connectivity index (χ1) is 13.7. The van der Waals surface area contributed by atoms with Gasteiger partial charge in [-0.25, -0.2) is 0 Å². The average Bonchev–Trinajstić information content (AvgIpc) is 3.30. The molecule has 2 heterocycles. The Hall–Kier alpha value is -2.70. The number of benzene rings is 1. The highest BCUT2D eigenvalue weighted by Gasteiger charge is 2.22. The van der Waals surface area contributed by atoms with Gasteiger partial charge in [0.15, 0.2) is 0 Å². The maximum absolute atomic E-state index is 12.5. The van der Waals surface area contributed by atoms with Crippen LogP contribution >= 0.6 is 23.1 Å². The lowest BCUT2D eigenvalue weighted by atomic mass is 9.96. The number of thioether (sulfide) groups is 1. The van der Waals surface area contributed by atoms with Gasteiger partial charge in [-0.2, -0.15) is 9.94 Å². The van der Waals surface area contributed by atoms with Crippen LogP contribution in [0.25, 0.3) is 5.69 Å². The lowest BCUT2D eigenvalue weighted by Crippen LogP contribution is -2.14. The van der Waals surface area contributed by atoms with Gasteiger partial charge in [-0.15, -0.1) is 16.4 Å². The molecular weight excluding hydrogens is 392 g/mol. The summed E-state index contributed by atoms with van der Waals surface area (Å²) in [7, 11) is 0. The van der Waals surface area contributed by atoms with Gasteiger partial charge in [0, 0.05) is 4.88 Å². The van der Waals surface area contributed by atoms with Crippen LogP contribution < -0.4 is 5.32 Å². The molecule has 0 radical (unpaired) electrons. The fourth-order valence-corrected chi connectivity index (χ4v) is 5.20. The molecule has 0 saturated carbocycles. The standard InChI is InChI=1S/C19H18N6OS2/c1-12-5-4-6-13(9-12)25-19(22-23-24-25)27-11-17(26)21-18-15(10-20)14-7-2-3-8-16(14)28-18/h4-6,9H,2-3,7-8,11H2,1H3,(H,21,26). The van der Waals surface area contributed by atoms with Crippen molar-refractivity contribution in [3.05, 3.63) is 45.8 Å². The Morgan fingerprint density at radius 3 is 3.07 bits per heavy atom. The molecule has 1 aromatic carbocycles. The fourth-order valence-electron chi connectivity index (χ4n) is 3.26. The van der Waals surface area contributed by atoms with Crippen LogP contribution in [0.4, 0.5) is 5.00 Å². The number of carbonyl (C=O) groups excluding carboxylic acids is 1. The third-order valence-corrected chi connectivity index (χ3v) is 6.68. The third kappa shape index (κ3) is 3.79. The number of hydrogen-bond donors (Lipinski definition) is 1. The van der Waals surface area contributed by atoms with E-state index in [1.807, 2.05) is 31.2 Å². The summed E-state index contributed by atoms with van der Waals surface area (Å²) >= 11 is 2.80. The number of nitriles is 1. The number of rotatable bonds is 5. The lowest BCUT2D eigenvalue weighted by Gasteiger charge is -2.09. The highest BCUT2D eigenvalue weighted by molar-refractivity contribution is 7.99. The van der Waals surface area contributed by atoms with Crippen molar-refractivity contribution >= 4 is 34.0 Å². The molecule has 0 saturated heterocycles. The van der Waals surface area contributed by atoms with Crippen molar-refractivity contribution < 1.29 is 4.79 Å². The molecule has 7 nitrogen and oxygen atoms in total. The minimum atomic E-state index is -0.168. The lowest BCUT2D eigenvalue weighted by molar-refractivity contribution is -0.113. The van der Waals surface area contributed by atoms with Crippen molar-refractivity contribution in [1.29, 1.82) is 5.26 Å². The minimum absolute atomic E-state index is 0.166. The molecule has 9 heteroatoms. The van der Waals surface area contributed by atoms with E-state index in [1.54, 1.807) is 4.68 Å². The number of fused-ring (bicyclic) bond motifs is 1. The van der Waals surface area contributed by atoms with Gasteiger partial charge in [-0.3, -0.25) is 4.79 Å². The van der Waals surface area contributed by atoms with E-state index in [4.69, 9.17) is 0 Å². The number of amides is 1. The summed E-state index contributed by atoms with van der Waals surface area (Å²) in [5.41, 5.74) is 3.70. The highest BCUT2D eigenvalue weighted by Crippen LogP contribution is 2.37. The number of anilines is 1. The van der Waals surface area contributed by atoms with Gasteiger partial charge >= 0.3 is 0 Å². The van der Waals surface area contributed by atoms with Gasteiger partial charge in [-0.1, -0.05) is 23.9 Å². The van der Waals surface area contributed by atoms with Crippen LogP contribution in [-0.4, -0.2) is 31.9 Å². The molecule has 0 atom stereocenters. The van der Waals surface area contributed by atoms with Crippen molar-refractivity contribution in [3.8, 4) is 11.8 Å². The summed E-state index contributed by atoms with van der Waals surface area (Å²) in [6.07, 6.45) is 4.15. The molecular formula is C19H18N6OS2. The van der Waals surface area contributed by atoms with E-state index in [9.17, 15) is 10.1 Å². The number of thiophene rings is 1. The topological polar surface area (TPSA) is 96.5 Å². The zero-order chi connectivity index (χ0) is 19.5. The van der Waals surface area contributed by atoms with Gasteiger partial charge in [0.1, 0.15) is 11.1 Å². The molecule has 0 bridgehead atoms. The van der Waals surface area contributed by atoms with Gasteiger partial charge in [0.2, 0.25) is 11.1 Å². The molecule has 1 aliphatic rings. The van der Waals surface area contributed by atoms with Crippen molar-refractivity contribution in [2.24, 2.45) is 0 Å². The molecule has 0 fully saturated rings. The number of nitrogens with one attached hydrogen (secondary N) is 1. The smallest absolute Gasteiger partial charge is 0.235 e. The van der Waals surface area contributed by atoms with E-state index >= 15 is 0 Å². The van der Waals surface area contributed by atoms with Crippen LogP contribution in [-0.2, 0) is 17.6 Å². The molecule has 0 spiro atoms. The van der Waals surface area contributed by atoms with Gasteiger partial charge in [0.25, 0.3) is 0 Å². The van der Waals surface area contributed by atoms with Crippen molar-refractivity contribution in [2.45, 2.75) is 37.8 Å². The summed E-state index contributed by atoms with van der Waals surface area (Å²) in [5, 5.41) is 25.4. The zero-order valence-corrected chi connectivity index (χ0v) is 16.9. The van der Waals surface area contributed by atoms with Crippen molar-refractivity contribution in [1.82, 2.24) is 20.2 Å². The maximum atomic E-state index is 12.5. The average molecular weight is 411 g/mol. The molecule has 142 valence electrons. The number of hydrogen-bond acceptors (Lipinski definition) is 7. The Morgan fingerprint density at radius 2 is 2.25 bits per heavy atom. The van der Waals surface area contributed by atoms with Gasteiger partial charge < -0.3 is 5.32 Å². The first kappa shape index (κ1) is 18.7. The second-order valence-corrected chi connectivity index (χ2v) is 8.62. The van der Waals surface area contributed by atoms with Crippen LogP contribution in [0.15, 0.2) is 29.4 Å².